The maximum Gasteiger partial charge on any atom is 0.334 e. The average Bonchev–Trinajstić information content (AvgIpc) is 1.87. The summed E-state index contributed by atoms with van der Waals surface area (Å²) < 4.78 is 4.22. The van der Waals surface area contributed by atoms with Crippen molar-refractivity contribution < 1.29 is 14.6 Å². The summed E-state index contributed by atoms with van der Waals surface area (Å²) in [6.45, 7) is 0. The van der Waals surface area contributed by atoms with Gasteiger partial charge in [-0.1, -0.05) is 0 Å². The van der Waals surface area contributed by atoms with Crippen LogP contribution in [-0.2, 0) is 9.53 Å². The number of carbonyl (C=O) groups excluding carboxylic acids is 1. The summed E-state index contributed by atoms with van der Waals surface area (Å²) in [5.41, 5.74) is 0. The first-order chi connectivity index (χ1) is 4.22. The summed E-state index contributed by atoms with van der Waals surface area (Å²) in [6, 6.07) is 0. The number of aliphatic hydroxyl groups excluding tert-OH is 1. The van der Waals surface area contributed by atoms with Crippen molar-refractivity contribution in [1.29, 1.82) is 0 Å². The minimum atomic E-state index is -1.06. The second-order valence-electron chi connectivity index (χ2n) is 1.52. The Hall–Kier alpha value is -0.280. The van der Waals surface area contributed by atoms with Crippen molar-refractivity contribution in [2.75, 3.05) is 13.0 Å². The first-order valence-electron chi connectivity index (χ1n) is 2.54. The first-order valence-corrected chi connectivity index (χ1v) is 3.07. The number of hydrogen-bond donors (Lipinski definition) is 1. The molecule has 0 saturated heterocycles. The van der Waals surface area contributed by atoms with Gasteiger partial charge in [-0.3, -0.25) is 0 Å². The number of halogens is 1. The lowest BCUT2D eigenvalue weighted by Gasteiger charge is -2.03. The maximum absolute atomic E-state index is 10.4. The maximum atomic E-state index is 10.4. The molecule has 1 unspecified atom stereocenters. The second kappa shape index (κ2) is 4.58. The lowest BCUT2D eigenvalue weighted by Crippen LogP contribution is -2.21. The first kappa shape index (κ1) is 8.72. The van der Waals surface area contributed by atoms with Crippen molar-refractivity contribution in [3.8, 4) is 0 Å². The number of ether oxygens (including phenoxy) is 1. The Bertz CT molecular complexity index is 94.2. The van der Waals surface area contributed by atoms with Gasteiger partial charge in [0.05, 0.1) is 7.11 Å². The fourth-order valence-electron chi connectivity index (χ4n) is 0.357. The van der Waals surface area contributed by atoms with Gasteiger partial charge in [-0.2, -0.15) is 0 Å². The summed E-state index contributed by atoms with van der Waals surface area (Å²) in [4.78, 5) is 10.4. The van der Waals surface area contributed by atoms with Gasteiger partial charge in [0.1, 0.15) is 0 Å². The number of alkyl halides is 1. The minimum Gasteiger partial charge on any atom is -0.467 e. The predicted molar refractivity (Wildman–Crippen MR) is 33.4 cm³/mol. The molecule has 0 spiro atoms. The molecule has 0 aliphatic rings. The lowest BCUT2D eigenvalue weighted by atomic mass is 10.3. The molecule has 0 amide bonds. The molecular formula is C5H9ClO3. The number of carbonyl (C=O) groups is 1. The molecule has 54 valence electrons. The van der Waals surface area contributed by atoms with E-state index in [9.17, 15) is 4.79 Å². The van der Waals surface area contributed by atoms with E-state index in [4.69, 9.17) is 16.7 Å². The van der Waals surface area contributed by atoms with Crippen molar-refractivity contribution in [3.05, 3.63) is 0 Å². The van der Waals surface area contributed by atoms with Crippen LogP contribution in [0, 0.1) is 0 Å². The second-order valence-corrected chi connectivity index (χ2v) is 1.89. The third kappa shape index (κ3) is 3.32. The van der Waals surface area contributed by atoms with E-state index in [1.807, 2.05) is 0 Å². The van der Waals surface area contributed by atoms with Gasteiger partial charge in [-0.25, -0.2) is 4.79 Å². The van der Waals surface area contributed by atoms with E-state index >= 15 is 0 Å². The van der Waals surface area contributed by atoms with Crippen LogP contribution in [0.15, 0.2) is 0 Å². The van der Waals surface area contributed by atoms with Crippen LogP contribution in [0.3, 0.4) is 0 Å². The normalized spacial score (nSPS) is 12.8. The van der Waals surface area contributed by atoms with Crippen LogP contribution in [0.1, 0.15) is 6.42 Å². The van der Waals surface area contributed by atoms with Crippen molar-refractivity contribution in [1.82, 2.24) is 0 Å². The molecule has 0 aromatic rings. The molecule has 1 N–H and O–H groups in total. The van der Waals surface area contributed by atoms with E-state index < -0.39 is 12.1 Å². The highest BCUT2D eigenvalue weighted by molar-refractivity contribution is 6.18. The van der Waals surface area contributed by atoms with Gasteiger partial charge in [0.2, 0.25) is 0 Å². The predicted octanol–water partition coefficient (Wildman–Crippen LogP) is 0.149. The molecule has 0 aliphatic heterocycles. The lowest BCUT2D eigenvalue weighted by molar-refractivity contribution is -0.150. The fraction of sp³-hybridized carbons (Fsp3) is 0.800. The number of rotatable bonds is 3. The fourth-order valence-corrected chi connectivity index (χ4v) is 0.564. The molecule has 0 heterocycles. The molecule has 0 rings (SSSR count). The Morgan fingerprint density at radius 3 is 2.78 bits per heavy atom. The largest absolute Gasteiger partial charge is 0.467 e. The molecule has 0 aromatic heterocycles. The molecule has 0 aliphatic carbocycles. The molecule has 9 heavy (non-hydrogen) atoms. The zero-order valence-electron chi connectivity index (χ0n) is 5.13. The van der Waals surface area contributed by atoms with Crippen LogP contribution < -0.4 is 0 Å². The molecule has 0 fully saturated rings. The molecule has 3 nitrogen and oxygen atoms in total. The third-order valence-corrected chi connectivity index (χ3v) is 1.07. The Kier molecular flexibility index (Phi) is 4.44. The van der Waals surface area contributed by atoms with Crippen LogP contribution in [-0.4, -0.2) is 30.2 Å². The Balaban J connectivity index is 3.45. The summed E-state index contributed by atoms with van der Waals surface area (Å²) in [6.07, 6.45) is -0.818. The molecular weight excluding hydrogens is 144 g/mol. The highest BCUT2D eigenvalue weighted by Gasteiger charge is 2.12. The van der Waals surface area contributed by atoms with Crippen LogP contribution in [0.4, 0.5) is 0 Å². The molecule has 0 aromatic carbocycles. The van der Waals surface area contributed by atoms with Gasteiger partial charge < -0.3 is 9.84 Å². The SMILES string of the molecule is COC(=O)C(O)CCCl. The van der Waals surface area contributed by atoms with E-state index in [1.54, 1.807) is 0 Å². The Morgan fingerprint density at radius 2 is 2.44 bits per heavy atom. The molecule has 0 radical (unpaired) electrons. The van der Waals surface area contributed by atoms with E-state index in [0.717, 1.165) is 0 Å². The summed E-state index contributed by atoms with van der Waals surface area (Å²) in [5.74, 6) is -0.369. The van der Waals surface area contributed by atoms with Gasteiger partial charge in [0.15, 0.2) is 6.10 Å². The van der Waals surface area contributed by atoms with Gasteiger partial charge in [-0.05, 0) is 6.42 Å². The average molecular weight is 153 g/mol. The van der Waals surface area contributed by atoms with Crippen molar-refractivity contribution >= 4 is 17.6 Å². The van der Waals surface area contributed by atoms with Crippen molar-refractivity contribution in [3.63, 3.8) is 0 Å². The van der Waals surface area contributed by atoms with E-state index in [1.165, 1.54) is 7.11 Å². The van der Waals surface area contributed by atoms with E-state index in [0.29, 0.717) is 0 Å². The summed E-state index contributed by atoms with van der Waals surface area (Å²) in [5, 5.41) is 8.76. The van der Waals surface area contributed by atoms with Gasteiger partial charge in [0.25, 0.3) is 0 Å². The Labute approximate surface area is 58.6 Å². The van der Waals surface area contributed by atoms with Crippen LogP contribution >= 0.6 is 11.6 Å². The highest BCUT2D eigenvalue weighted by Crippen LogP contribution is 1.95. The number of esters is 1. The highest BCUT2D eigenvalue weighted by atomic mass is 35.5. The van der Waals surface area contributed by atoms with Gasteiger partial charge >= 0.3 is 5.97 Å². The Morgan fingerprint density at radius 1 is 1.89 bits per heavy atom. The van der Waals surface area contributed by atoms with E-state index in [2.05, 4.69) is 4.74 Å². The molecule has 4 heteroatoms. The quantitative estimate of drug-likeness (QED) is 0.463. The number of aliphatic hydroxyl groups is 1. The van der Waals surface area contributed by atoms with Crippen LogP contribution in [0.25, 0.3) is 0 Å². The minimum absolute atomic E-state index is 0.244. The van der Waals surface area contributed by atoms with E-state index in [-0.39, 0.29) is 12.3 Å². The zero-order chi connectivity index (χ0) is 7.28. The topological polar surface area (TPSA) is 46.5 Å². The smallest absolute Gasteiger partial charge is 0.334 e. The standard InChI is InChI=1S/C5H9ClO3/c1-9-5(8)4(7)2-3-6/h4,7H,2-3H2,1H3. The third-order valence-electron chi connectivity index (χ3n) is 0.856. The van der Waals surface area contributed by atoms with Crippen molar-refractivity contribution in [2.24, 2.45) is 0 Å². The molecule has 1 atom stereocenters. The van der Waals surface area contributed by atoms with Gasteiger partial charge in [-0.15, -0.1) is 11.6 Å². The summed E-state index contributed by atoms with van der Waals surface area (Å²) in [7, 11) is 1.22. The zero-order valence-corrected chi connectivity index (χ0v) is 5.89. The van der Waals surface area contributed by atoms with Crippen LogP contribution in [0.2, 0.25) is 0 Å². The molecule has 0 bridgehead atoms. The number of hydrogen-bond acceptors (Lipinski definition) is 3. The monoisotopic (exact) mass is 152 g/mol. The summed E-state index contributed by atoms with van der Waals surface area (Å²) >= 11 is 5.23. The molecule has 0 saturated carbocycles. The van der Waals surface area contributed by atoms with Crippen molar-refractivity contribution in [2.45, 2.75) is 12.5 Å². The number of methoxy groups -OCH3 is 1. The van der Waals surface area contributed by atoms with Crippen LogP contribution in [0.5, 0.6) is 0 Å². The van der Waals surface area contributed by atoms with Gasteiger partial charge in [0, 0.05) is 5.88 Å².